The van der Waals surface area contributed by atoms with Crippen molar-refractivity contribution in [3.8, 4) is 0 Å². The zero-order valence-corrected chi connectivity index (χ0v) is 13.4. The summed E-state index contributed by atoms with van der Waals surface area (Å²) in [5.41, 5.74) is 1.59. The minimum atomic E-state index is -0.345. The number of carbonyl (C=O) groups excluding carboxylic acids is 1. The van der Waals surface area contributed by atoms with Gasteiger partial charge in [0.1, 0.15) is 0 Å². The molecule has 0 fully saturated rings. The normalized spacial score (nSPS) is 10.6. The van der Waals surface area contributed by atoms with Crippen LogP contribution in [0.5, 0.6) is 0 Å². The second kappa shape index (κ2) is 7.33. The Kier molecular flexibility index (Phi) is 5.46. The number of aryl methyl sites for hydroxylation is 1. The average molecular weight is 354 g/mol. The summed E-state index contributed by atoms with van der Waals surface area (Å²) < 4.78 is 10.5. The number of ether oxygens (including phenoxy) is 1. The summed E-state index contributed by atoms with van der Waals surface area (Å²) in [5.74, 6) is 0.925. The van der Waals surface area contributed by atoms with E-state index in [0.717, 1.165) is 16.6 Å². The van der Waals surface area contributed by atoms with Crippen LogP contribution in [0.3, 0.4) is 0 Å². The highest BCUT2D eigenvalue weighted by atomic mass is 79.9. The highest BCUT2D eigenvalue weighted by Crippen LogP contribution is 2.19. The van der Waals surface area contributed by atoms with E-state index in [4.69, 9.17) is 4.52 Å². The summed E-state index contributed by atoms with van der Waals surface area (Å²) in [6.45, 7) is 3.19. The van der Waals surface area contributed by atoms with Crippen molar-refractivity contribution >= 4 is 21.9 Å². The van der Waals surface area contributed by atoms with E-state index in [9.17, 15) is 4.79 Å². The lowest BCUT2D eigenvalue weighted by Crippen LogP contribution is -2.17. The fourth-order valence-corrected chi connectivity index (χ4v) is 2.32. The first-order valence-corrected chi connectivity index (χ1v) is 7.26. The van der Waals surface area contributed by atoms with Crippen LogP contribution in [0.4, 0.5) is 0 Å². The van der Waals surface area contributed by atoms with Gasteiger partial charge in [-0.25, -0.2) is 4.79 Å². The molecule has 0 amide bonds. The zero-order chi connectivity index (χ0) is 15.2. The molecule has 1 aromatic heterocycles. The summed E-state index contributed by atoms with van der Waals surface area (Å²) in [5, 5.41) is 7.13. The predicted octanol–water partition coefficient (Wildman–Crippen LogP) is 2.26. The molecule has 0 spiro atoms. The first-order valence-electron chi connectivity index (χ1n) is 6.47. The minimum Gasteiger partial charge on any atom is -0.465 e. The molecule has 0 saturated heterocycles. The van der Waals surface area contributed by atoms with E-state index in [1.54, 1.807) is 19.1 Å². The maximum absolute atomic E-state index is 11.4. The predicted molar refractivity (Wildman–Crippen MR) is 79.9 cm³/mol. The Bertz CT molecular complexity index is 628. The second-order valence-corrected chi connectivity index (χ2v) is 5.31. The molecular weight excluding hydrogens is 338 g/mol. The molecule has 0 saturated carbocycles. The van der Waals surface area contributed by atoms with Gasteiger partial charge in [-0.1, -0.05) is 27.2 Å². The standard InChI is InChI=1S/C14H16BrN3O3/c1-9-17-13(18-21-9)5-6-16-8-11-4-3-10(7-12(11)15)14(19)20-2/h3-4,7,16H,5-6,8H2,1-2H3. The Morgan fingerprint density at radius 3 is 2.90 bits per heavy atom. The lowest BCUT2D eigenvalue weighted by molar-refractivity contribution is 0.0600. The van der Waals surface area contributed by atoms with Crippen molar-refractivity contribution in [2.24, 2.45) is 0 Å². The third-order valence-corrected chi connectivity index (χ3v) is 3.62. The molecule has 7 heteroatoms. The molecule has 1 heterocycles. The van der Waals surface area contributed by atoms with Gasteiger partial charge in [0.05, 0.1) is 12.7 Å². The molecule has 2 aromatic rings. The number of rotatable bonds is 6. The van der Waals surface area contributed by atoms with Crippen molar-refractivity contribution in [1.82, 2.24) is 15.5 Å². The maximum Gasteiger partial charge on any atom is 0.337 e. The van der Waals surface area contributed by atoms with Gasteiger partial charge in [-0.05, 0) is 17.7 Å². The molecule has 0 aliphatic carbocycles. The Morgan fingerprint density at radius 2 is 2.29 bits per heavy atom. The van der Waals surface area contributed by atoms with Crippen molar-refractivity contribution in [2.45, 2.75) is 19.9 Å². The smallest absolute Gasteiger partial charge is 0.337 e. The molecule has 0 aliphatic rings. The summed E-state index contributed by atoms with van der Waals surface area (Å²) in [7, 11) is 1.37. The Balaban J connectivity index is 1.84. The van der Waals surface area contributed by atoms with Crippen molar-refractivity contribution in [3.63, 3.8) is 0 Å². The van der Waals surface area contributed by atoms with Gasteiger partial charge in [0.15, 0.2) is 5.82 Å². The van der Waals surface area contributed by atoms with Crippen LogP contribution in [-0.4, -0.2) is 29.8 Å². The quantitative estimate of drug-likeness (QED) is 0.633. The van der Waals surface area contributed by atoms with E-state index in [1.807, 2.05) is 6.07 Å². The third-order valence-electron chi connectivity index (χ3n) is 2.88. The number of nitrogens with one attached hydrogen (secondary N) is 1. The summed E-state index contributed by atoms with van der Waals surface area (Å²) in [4.78, 5) is 15.5. The zero-order valence-electron chi connectivity index (χ0n) is 11.9. The molecular formula is C14H16BrN3O3. The topological polar surface area (TPSA) is 77.2 Å². The maximum atomic E-state index is 11.4. The van der Waals surface area contributed by atoms with Gasteiger partial charge in [-0.2, -0.15) is 4.98 Å². The molecule has 0 atom stereocenters. The fraction of sp³-hybridized carbons (Fsp3) is 0.357. The molecule has 1 N–H and O–H groups in total. The third kappa shape index (κ3) is 4.37. The monoisotopic (exact) mass is 353 g/mol. The van der Waals surface area contributed by atoms with Crippen molar-refractivity contribution in [3.05, 3.63) is 45.5 Å². The van der Waals surface area contributed by atoms with Gasteiger partial charge in [0, 0.05) is 30.9 Å². The molecule has 21 heavy (non-hydrogen) atoms. The Morgan fingerprint density at radius 1 is 1.48 bits per heavy atom. The number of hydrogen-bond donors (Lipinski definition) is 1. The van der Waals surface area contributed by atoms with E-state index >= 15 is 0 Å². The van der Waals surface area contributed by atoms with Crippen LogP contribution in [0.25, 0.3) is 0 Å². The van der Waals surface area contributed by atoms with Crippen molar-refractivity contribution in [2.75, 3.05) is 13.7 Å². The Hall–Kier alpha value is -1.73. The highest BCUT2D eigenvalue weighted by molar-refractivity contribution is 9.10. The number of benzene rings is 1. The van der Waals surface area contributed by atoms with Crippen molar-refractivity contribution < 1.29 is 14.1 Å². The summed E-state index contributed by atoms with van der Waals surface area (Å²) in [6.07, 6.45) is 0.704. The Labute approximate surface area is 131 Å². The van der Waals surface area contributed by atoms with E-state index in [-0.39, 0.29) is 5.97 Å². The number of methoxy groups -OCH3 is 1. The SMILES string of the molecule is COC(=O)c1ccc(CNCCc2noc(C)n2)c(Br)c1. The van der Waals surface area contributed by atoms with E-state index in [1.165, 1.54) is 7.11 Å². The van der Waals surface area contributed by atoms with E-state index in [0.29, 0.717) is 30.2 Å². The molecule has 1 aromatic carbocycles. The molecule has 0 unspecified atom stereocenters. The molecule has 112 valence electrons. The lowest BCUT2D eigenvalue weighted by atomic mass is 10.1. The van der Waals surface area contributed by atoms with Crippen molar-refractivity contribution in [1.29, 1.82) is 0 Å². The van der Waals surface area contributed by atoms with Crippen LogP contribution in [0.1, 0.15) is 27.6 Å². The van der Waals surface area contributed by atoms with Gasteiger partial charge in [-0.15, -0.1) is 0 Å². The van der Waals surface area contributed by atoms with Gasteiger partial charge >= 0.3 is 5.97 Å². The second-order valence-electron chi connectivity index (χ2n) is 4.45. The van der Waals surface area contributed by atoms with Gasteiger partial charge in [0.25, 0.3) is 0 Å². The molecule has 0 bridgehead atoms. The molecule has 0 aliphatic heterocycles. The van der Waals surface area contributed by atoms with Crippen LogP contribution in [-0.2, 0) is 17.7 Å². The van der Waals surface area contributed by atoms with Gasteiger partial charge in [-0.3, -0.25) is 0 Å². The summed E-state index contributed by atoms with van der Waals surface area (Å²) >= 11 is 3.46. The van der Waals surface area contributed by atoms with Gasteiger partial charge in [0.2, 0.25) is 5.89 Å². The first kappa shape index (κ1) is 15.7. The van der Waals surface area contributed by atoms with Crippen LogP contribution in [0.2, 0.25) is 0 Å². The van der Waals surface area contributed by atoms with E-state index < -0.39 is 0 Å². The summed E-state index contributed by atoms with van der Waals surface area (Å²) in [6, 6.07) is 5.39. The van der Waals surface area contributed by atoms with Gasteiger partial charge < -0.3 is 14.6 Å². The number of halogens is 1. The molecule has 2 rings (SSSR count). The van der Waals surface area contributed by atoms with Crippen LogP contribution in [0.15, 0.2) is 27.2 Å². The van der Waals surface area contributed by atoms with Crippen LogP contribution < -0.4 is 5.32 Å². The van der Waals surface area contributed by atoms with Crippen LogP contribution in [0, 0.1) is 6.92 Å². The first-order chi connectivity index (χ1) is 10.1. The number of esters is 1. The van der Waals surface area contributed by atoms with Crippen LogP contribution >= 0.6 is 15.9 Å². The largest absolute Gasteiger partial charge is 0.465 e. The average Bonchev–Trinajstić information content (AvgIpc) is 2.89. The highest BCUT2D eigenvalue weighted by Gasteiger charge is 2.08. The molecule has 0 radical (unpaired) electrons. The fourth-order valence-electron chi connectivity index (χ4n) is 1.80. The molecule has 6 nitrogen and oxygen atoms in total. The van der Waals surface area contributed by atoms with E-state index in [2.05, 4.69) is 36.1 Å². The number of aromatic nitrogens is 2. The minimum absolute atomic E-state index is 0.345. The lowest BCUT2D eigenvalue weighted by Gasteiger charge is -2.07. The number of carbonyl (C=O) groups is 1. The number of hydrogen-bond acceptors (Lipinski definition) is 6. The number of nitrogens with zero attached hydrogens (tertiary/aromatic N) is 2.